The average molecular weight is 283 g/mol. The van der Waals surface area contributed by atoms with Crippen LogP contribution >= 0.6 is 0 Å². The maximum atomic E-state index is 11.1. The van der Waals surface area contributed by atoms with Crippen molar-refractivity contribution in [2.45, 2.75) is 13.5 Å². The molecule has 0 spiro atoms. The average Bonchev–Trinajstić information content (AvgIpc) is 2.46. The number of rotatable bonds is 5. The summed E-state index contributed by atoms with van der Waals surface area (Å²) in [5.74, 6) is -0.896. The van der Waals surface area contributed by atoms with Crippen molar-refractivity contribution in [1.29, 1.82) is 0 Å². The van der Waals surface area contributed by atoms with Crippen molar-refractivity contribution in [2.75, 3.05) is 5.32 Å². The monoisotopic (exact) mass is 283 g/mol. The summed E-state index contributed by atoms with van der Waals surface area (Å²) in [6.45, 7) is 2.50. The van der Waals surface area contributed by atoms with Crippen molar-refractivity contribution < 1.29 is 9.59 Å². The Bertz CT molecular complexity index is 696. The van der Waals surface area contributed by atoms with Crippen LogP contribution < -0.4 is 16.8 Å². The largest absolute Gasteiger partial charge is 0.381 e. The molecule has 0 aromatic heterocycles. The second-order valence-corrected chi connectivity index (χ2v) is 4.80. The molecule has 2 amide bonds. The molecule has 0 aliphatic rings. The molecule has 0 saturated heterocycles. The molecule has 0 saturated carbocycles. The van der Waals surface area contributed by atoms with E-state index in [0.29, 0.717) is 17.7 Å². The number of nitrogens with one attached hydrogen (secondary N) is 1. The van der Waals surface area contributed by atoms with Crippen LogP contribution in [0.2, 0.25) is 0 Å². The molecular weight excluding hydrogens is 266 g/mol. The van der Waals surface area contributed by atoms with E-state index in [1.807, 2.05) is 19.1 Å². The van der Waals surface area contributed by atoms with Crippen molar-refractivity contribution >= 4 is 17.5 Å². The topological polar surface area (TPSA) is 98.2 Å². The van der Waals surface area contributed by atoms with E-state index in [-0.39, 0.29) is 0 Å². The molecule has 2 aromatic rings. The van der Waals surface area contributed by atoms with Crippen LogP contribution in [-0.2, 0) is 6.54 Å². The fourth-order valence-electron chi connectivity index (χ4n) is 2.03. The van der Waals surface area contributed by atoms with Gasteiger partial charge in [-0.2, -0.15) is 0 Å². The summed E-state index contributed by atoms with van der Waals surface area (Å²) in [6.07, 6.45) is 0. The Labute approximate surface area is 123 Å². The van der Waals surface area contributed by atoms with Gasteiger partial charge in [0.25, 0.3) is 0 Å². The van der Waals surface area contributed by atoms with E-state index in [1.54, 1.807) is 30.3 Å². The van der Waals surface area contributed by atoms with Gasteiger partial charge in [0.15, 0.2) is 0 Å². The molecule has 5 nitrogen and oxygen atoms in total. The van der Waals surface area contributed by atoms with Crippen LogP contribution in [0.1, 0.15) is 31.8 Å². The van der Waals surface area contributed by atoms with Crippen LogP contribution in [0.25, 0.3) is 0 Å². The Morgan fingerprint density at radius 3 is 2.29 bits per heavy atom. The zero-order valence-corrected chi connectivity index (χ0v) is 11.7. The Kier molecular flexibility index (Phi) is 4.23. The molecule has 2 aromatic carbocycles. The Morgan fingerprint density at radius 2 is 1.67 bits per heavy atom. The fraction of sp³-hybridized carbons (Fsp3) is 0.125. The van der Waals surface area contributed by atoms with Crippen LogP contribution in [0.5, 0.6) is 0 Å². The number of carbonyl (C=O) groups is 2. The molecule has 5 heteroatoms. The van der Waals surface area contributed by atoms with E-state index in [2.05, 4.69) is 5.32 Å². The van der Waals surface area contributed by atoms with Gasteiger partial charge in [0.1, 0.15) is 0 Å². The number of primary amides is 2. The fourth-order valence-corrected chi connectivity index (χ4v) is 2.03. The zero-order valence-electron chi connectivity index (χ0n) is 11.7. The molecule has 0 atom stereocenters. The second-order valence-electron chi connectivity index (χ2n) is 4.80. The summed E-state index contributed by atoms with van der Waals surface area (Å²) in [7, 11) is 0. The number of hydrogen-bond acceptors (Lipinski definition) is 3. The van der Waals surface area contributed by atoms with Gasteiger partial charge >= 0.3 is 0 Å². The molecule has 2 rings (SSSR count). The molecule has 0 fully saturated rings. The lowest BCUT2D eigenvalue weighted by Gasteiger charge is -2.10. The predicted molar refractivity (Wildman–Crippen MR) is 82.0 cm³/mol. The minimum atomic E-state index is -0.458. The van der Waals surface area contributed by atoms with Crippen LogP contribution in [0.3, 0.4) is 0 Å². The summed E-state index contributed by atoms with van der Waals surface area (Å²) in [5, 5.41) is 3.22. The normalized spacial score (nSPS) is 10.1. The maximum absolute atomic E-state index is 11.1. The third kappa shape index (κ3) is 3.60. The Hall–Kier alpha value is -2.82. The van der Waals surface area contributed by atoms with E-state index < -0.39 is 11.8 Å². The first-order valence-corrected chi connectivity index (χ1v) is 6.50. The summed E-state index contributed by atoms with van der Waals surface area (Å²) in [5.41, 5.74) is 14.3. The van der Waals surface area contributed by atoms with Gasteiger partial charge in [-0.25, -0.2) is 0 Å². The summed E-state index contributed by atoms with van der Waals surface area (Å²) >= 11 is 0. The van der Waals surface area contributed by atoms with Gasteiger partial charge in [-0.3, -0.25) is 9.59 Å². The summed E-state index contributed by atoms with van der Waals surface area (Å²) in [4.78, 5) is 22.2. The van der Waals surface area contributed by atoms with Crippen LogP contribution in [0, 0.1) is 6.92 Å². The van der Waals surface area contributed by atoms with E-state index in [1.165, 1.54) is 0 Å². The van der Waals surface area contributed by atoms with Crippen LogP contribution in [-0.4, -0.2) is 11.8 Å². The molecule has 0 aliphatic carbocycles. The van der Waals surface area contributed by atoms with Crippen molar-refractivity contribution in [3.05, 3.63) is 64.7 Å². The smallest absolute Gasteiger partial charge is 0.248 e. The van der Waals surface area contributed by atoms with Crippen molar-refractivity contribution in [3.8, 4) is 0 Å². The first-order chi connectivity index (χ1) is 9.97. The lowest BCUT2D eigenvalue weighted by atomic mass is 10.0. The van der Waals surface area contributed by atoms with Crippen molar-refractivity contribution in [1.82, 2.24) is 0 Å². The molecule has 21 heavy (non-hydrogen) atoms. The number of hydrogen-bond donors (Lipinski definition) is 3. The molecule has 0 radical (unpaired) electrons. The highest BCUT2D eigenvalue weighted by Gasteiger charge is 2.05. The van der Waals surface area contributed by atoms with Gasteiger partial charge in [0, 0.05) is 23.4 Å². The minimum Gasteiger partial charge on any atom is -0.381 e. The highest BCUT2D eigenvalue weighted by molar-refractivity contribution is 5.94. The van der Waals surface area contributed by atoms with Gasteiger partial charge < -0.3 is 16.8 Å². The molecule has 108 valence electrons. The van der Waals surface area contributed by atoms with Crippen molar-refractivity contribution in [3.63, 3.8) is 0 Å². The lowest BCUT2D eigenvalue weighted by Crippen LogP contribution is -2.12. The third-order valence-electron chi connectivity index (χ3n) is 3.26. The summed E-state index contributed by atoms with van der Waals surface area (Å²) in [6, 6.07) is 12.3. The third-order valence-corrected chi connectivity index (χ3v) is 3.26. The number of aryl methyl sites for hydroxylation is 1. The van der Waals surface area contributed by atoms with Gasteiger partial charge in [-0.1, -0.05) is 12.1 Å². The number of nitrogens with two attached hydrogens (primary N) is 2. The van der Waals surface area contributed by atoms with E-state index in [9.17, 15) is 9.59 Å². The van der Waals surface area contributed by atoms with Gasteiger partial charge in [0.2, 0.25) is 11.8 Å². The quantitative estimate of drug-likeness (QED) is 0.780. The molecular formula is C16H17N3O2. The van der Waals surface area contributed by atoms with Crippen LogP contribution in [0.15, 0.2) is 42.5 Å². The molecule has 0 bridgehead atoms. The molecule has 0 aliphatic heterocycles. The lowest BCUT2D eigenvalue weighted by molar-refractivity contribution is 0.0992. The number of carbonyl (C=O) groups excluding carboxylic acids is 2. The number of amides is 2. The summed E-state index contributed by atoms with van der Waals surface area (Å²) < 4.78 is 0. The SMILES string of the molecule is Cc1cc(C(N)=O)ccc1CNc1cccc(C(N)=O)c1. The Morgan fingerprint density at radius 1 is 1.00 bits per heavy atom. The van der Waals surface area contributed by atoms with E-state index in [4.69, 9.17) is 11.5 Å². The van der Waals surface area contributed by atoms with E-state index >= 15 is 0 Å². The number of anilines is 1. The Balaban J connectivity index is 2.11. The maximum Gasteiger partial charge on any atom is 0.248 e. The van der Waals surface area contributed by atoms with Gasteiger partial charge in [0.05, 0.1) is 0 Å². The molecule has 0 unspecified atom stereocenters. The van der Waals surface area contributed by atoms with Crippen molar-refractivity contribution in [2.24, 2.45) is 11.5 Å². The number of benzene rings is 2. The zero-order chi connectivity index (χ0) is 15.4. The highest BCUT2D eigenvalue weighted by atomic mass is 16.1. The molecule has 5 N–H and O–H groups in total. The molecule has 0 heterocycles. The first-order valence-electron chi connectivity index (χ1n) is 6.50. The second kappa shape index (κ2) is 6.09. The van der Waals surface area contributed by atoms with E-state index in [0.717, 1.165) is 16.8 Å². The van der Waals surface area contributed by atoms with Crippen LogP contribution in [0.4, 0.5) is 5.69 Å². The van der Waals surface area contributed by atoms with Gasteiger partial charge in [-0.05, 0) is 48.4 Å². The standard InChI is InChI=1S/C16H17N3O2/c1-10-7-12(16(18)21)5-6-13(10)9-19-14-4-2-3-11(8-14)15(17)20/h2-8,19H,9H2,1H3,(H2,17,20)(H2,18,21). The first kappa shape index (κ1) is 14.6. The highest BCUT2D eigenvalue weighted by Crippen LogP contribution is 2.15. The predicted octanol–water partition coefficient (Wildman–Crippen LogP) is 1.80. The minimum absolute atomic E-state index is 0.438. The van der Waals surface area contributed by atoms with Gasteiger partial charge in [-0.15, -0.1) is 0 Å².